The number of nitrogens with one attached hydrogen (secondary N) is 2. The summed E-state index contributed by atoms with van der Waals surface area (Å²) < 4.78 is 10.8. The number of phenols is 1. The van der Waals surface area contributed by atoms with Gasteiger partial charge in [-0.25, -0.2) is 10.0 Å². The van der Waals surface area contributed by atoms with E-state index in [2.05, 4.69) is 19.2 Å². The molecule has 0 spiro atoms. The van der Waals surface area contributed by atoms with Crippen molar-refractivity contribution < 1.29 is 44.2 Å². The third-order valence-corrected chi connectivity index (χ3v) is 11.3. The van der Waals surface area contributed by atoms with Crippen LogP contribution in [0.25, 0.3) is 0 Å². The second-order valence-corrected chi connectivity index (χ2v) is 13.6. The first-order chi connectivity index (χ1) is 20.9. The van der Waals surface area contributed by atoms with E-state index in [9.17, 15) is 34.7 Å². The lowest BCUT2D eigenvalue weighted by molar-refractivity contribution is -0.991. The summed E-state index contributed by atoms with van der Waals surface area (Å²) in [5.74, 6) is -0.288. The van der Waals surface area contributed by atoms with Crippen molar-refractivity contribution in [2.75, 3.05) is 7.11 Å². The molecule has 0 radical (unpaired) electrons. The Morgan fingerprint density at radius 3 is 2.59 bits per heavy atom. The molecule has 0 aromatic heterocycles. The molecule has 4 N–H and O–H groups in total. The number of hydrogen-bond acceptors (Lipinski definition) is 9. The molecule has 1 amide bonds. The standard InChI is InChI=1S/C33H44N2O9/c1-32-14-12-21(36)18-20(32)5-6-22-23-7-9-28(33(23,2)15-13-24(22)32)44-30(39)11-10-29(38)34-25(31(40)43-3)16-19-4-8-27(37)26(17-19)35(41)42/h4,8,17-18,22-25,28,35,37,41H,5-7,9-16H2,1-3H3,(H,34,38)/t22-,23+,24-,25+,28+,32+,33+/m1/s1. The van der Waals surface area contributed by atoms with Gasteiger partial charge < -0.3 is 25.1 Å². The molecule has 1 aromatic rings. The lowest BCUT2D eigenvalue weighted by Gasteiger charge is -2.57. The predicted molar refractivity (Wildman–Crippen MR) is 157 cm³/mol. The summed E-state index contributed by atoms with van der Waals surface area (Å²) in [7, 11) is 1.18. The van der Waals surface area contributed by atoms with E-state index in [1.165, 1.54) is 30.9 Å². The Labute approximate surface area is 257 Å². The lowest BCUT2D eigenvalue weighted by atomic mass is 9.47. The Balaban J connectivity index is 1.15. The van der Waals surface area contributed by atoms with Crippen LogP contribution < -0.4 is 10.5 Å². The molecule has 5 rings (SSSR count). The van der Waals surface area contributed by atoms with Crippen LogP contribution in [0.5, 0.6) is 5.75 Å². The Bertz CT molecular complexity index is 1340. The van der Waals surface area contributed by atoms with Crippen LogP contribution in [0.4, 0.5) is 5.69 Å². The van der Waals surface area contributed by atoms with Gasteiger partial charge in [-0.2, -0.15) is 5.23 Å². The molecule has 44 heavy (non-hydrogen) atoms. The third kappa shape index (κ3) is 6.14. The smallest absolute Gasteiger partial charge is 0.328 e. The maximum Gasteiger partial charge on any atom is 0.328 e. The second kappa shape index (κ2) is 12.6. The molecule has 1 unspecified atom stereocenters. The Kier molecular flexibility index (Phi) is 9.21. The second-order valence-electron chi connectivity index (χ2n) is 13.6. The zero-order valence-electron chi connectivity index (χ0n) is 25.7. The summed E-state index contributed by atoms with van der Waals surface area (Å²) >= 11 is 0. The Morgan fingerprint density at radius 2 is 1.86 bits per heavy atom. The number of carbonyl (C=O) groups excluding carboxylic acids is 4. The van der Waals surface area contributed by atoms with Crippen LogP contribution in [0.2, 0.25) is 0 Å². The number of esters is 2. The molecular formula is C33H44N2O9. The Morgan fingerprint density at radius 1 is 1.09 bits per heavy atom. The number of fused-ring (bicyclic) bond motifs is 5. The van der Waals surface area contributed by atoms with Gasteiger partial charge in [-0.15, -0.1) is 0 Å². The molecule has 3 saturated carbocycles. The van der Waals surface area contributed by atoms with E-state index in [1.807, 2.05) is 6.08 Å². The summed E-state index contributed by atoms with van der Waals surface area (Å²) in [4.78, 5) is 50.2. The summed E-state index contributed by atoms with van der Waals surface area (Å²) in [6, 6.07) is 2.81. The van der Waals surface area contributed by atoms with Gasteiger partial charge in [0.15, 0.2) is 11.5 Å². The minimum absolute atomic E-state index is 0.0555. The first kappa shape index (κ1) is 32.1. The number of ether oxygens (including phenoxy) is 2. The molecule has 4 aliphatic carbocycles. The zero-order valence-corrected chi connectivity index (χ0v) is 25.7. The van der Waals surface area contributed by atoms with Gasteiger partial charge in [-0.1, -0.05) is 25.5 Å². The van der Waals surface area contributed by atoms with Crippen LogP contribution in [0.3, 0.4) is 0 Å². The van der Waals surface area contributed by atoms with Crippen LogP contribution in [0.15, 0.2) is 29.8 Å². The average Bonchev–Trinajstić information content (AvgIpc) is 3.32. The number of methoxy groups -OCH3 is 1. The van der Waals surface area contributed by atoms with E-state index >= 15 is 0 Å². The van der Waals surface area contributed by atoms with Crippen LogP contribution in [0.1, 0.15) is 83.6 Å². The van der Waals surface area contributed by atoms with Gasteiger partial charge in [-0.05, 0) is 85.8 Å². The SMILES string of the molecule is COC(=O)[C@H](Cc1ccc(O)c([NH+]([O-])O)c1)NC(=O)CCC(=O)O[C@H]1CC[C@H]2[C@H]3CCC4=CC(=O)CC[C@]4(C)[C@@H]3CC[C@]12C. The molecule has 240 valence electrons. The highest BCUT2D eigenvalue weighted by molar-refractivity contribution is 5.91. The first-order valence-corrected chi connectivity index (χ1v) is 15.7. The largest absolute Gasteiger partial charge is 0.595 e. The number of ketones is 1. The minimum Gasteiger partial charge on any atom is -0.595 e. The van der Waals surface area contributed by atoms with Gasteiger partial charge in [0.1, 0.15) is 12.1 Å². The molecule has 3 fully saturated rings. The highest BCUT2D eigenvalue weighted by Gasteiger charge is 2.60. The van der Waals surface area contributed by atoms with E-state index in [0.29, 0.717) is 29.7 Å². The lowest BCUT2D eigenvalue weighted by Crippen LogP contribution is -2.99. The van der Waals surface area contributed by atoms with E-state index in [1.54, 1.807) is 0 Å². The summed E-state index contributed by atoms with van der Waals surface area (Å²) in [5.41, 5.74) is 1.39. The van der Waals surface area contributed by atoms with E-state index in [-0.39, 0.29) is 47.7 Å². The summed E-state index contributed by atoms with van der Waals surface area (Å²) in [6.07, 6.45) is 8.77. The number of benzene rings is 1. The van der Waals surface area contributed by atoms with Crippen molar-refractivity contribution in [3.05, 3.63) is 40.6 Å². The predicted octanol–water partition coefficient (Wildman–Crippen LogP) is 3.22. The molecule has 0 heterocycles. The fourth-order valence-corrected chi connectivity index (χ4v) is 8.86. The average molecular weight is 613 g/mol. The topological polar surface area (TPSA) is 167 Å². The summed E-state index contributed by atoms with van der Waals surface area (Å²) in [6.45, 7) is 4.61. The fraction of sp³-hybridized carbons (Fsp3) is 0.636. The van der Waals surface area contributed by atoms with Crippen molar-refractivity contribution in [1.29, 1.82) is 0 Å². The maximum absolute atomic E-state index is 13.0. The molecule has 1 aromatic carbocycles. The molecule has 11 heteroatoms. The van der Waals surface area contributed by atoms with E-state index in [0.717, 1.165) is 44.9 Å². The van der Waals surface area contributed by atoms with Crippen LogP contribution in [-0.4, -0.2) is 53.2 Å². The molecule has 11 nitrogen and oxygen atoms in total. The van der Waals surface area contributed by atoms with E-state index in [4.69, 9.17) is 9.47 Å². The van der Waals surface area contributed by atoms with Crippen molar-refractivity contribution in [1.82, 2.24) is 5.32 Å². The highest BCUT2D eigenvalue weighted by Crippen LogP contribution is 2.65. The van der Waals surface area contributed by atoms with E-state index < -0.39 is 34.9 Å². The van der Waals surface area contributed by atoms with Gasteiger partial charge in [0.25, 0.3) is 0 Å². The first-order valence-electron chi connectivity index (χ1n) is 15.7. The van der Waals surface area contributed by atoms with Gasteiger partial charge in [0.2, 0.25) is 11.6 Å². The normalized spacial score (nSPS) is 32.3. The molecule has 0 saturated heterocycles. The number of allylic oxidation sites excluding steroid dienone is 1. The van der Waals surface area contributed by atoms with Gasteiger partial charge in [0.05, 0.1) is 13.5 Å². The molecular weight excluding hydrogens is 568 g/mol. The molecule has 0 aliphatic heterocycles. The zero-order chi connectivity index (χ0) is 31.8. The van der Waals surface area contributed by atoms with Gasteiger partial charge in [0, 0.05) is 30.7 Å². The maximum atomic E-state index is 13.0. The van der Waals surface area contributed by atoms with Crippen LogP contribution >= 0.6 is 0 Å². The number of hydrogen-bond donors (Lipinski definition) is 4. The van der Waals surface area contributed by atoms with Gasteiger partial charge in [-0.3, -0.25) is 14.4 Å². The van der Waals surface area contributed by atoms with Gasteiger partial charge >= 0.3 is 11.9 Å². The third-order valence-electron chi connectivity index (χ3n) is 11.3. The highest BCUT2D eigenvalue weighted by atomic mass is 16.8. The monoisotopic (exact) mass is 612 g/mol. The van der Waals surface area contributed by atoms with Crippen molar-refractivity contribution in [3.8, 4) is 5.75 Å². The molecule has 4 aliphatic rings. The quantitative estimate of drug-likeness (QED) is 0.186. The van der Waals surface area contributed by atoms with Crippen molar-refractivity contribution in [2.24, 2.45) is 28.6 Å². The van der Waals surface area contributed by atoms with Crippen LogP contribution in [0, 0.1) is 33.8 Å². The number of amides is 1. The number of rotatable bonds is 9. The van der Waals surface area contributed by atoms with Crippen molar-refractivity contribution in [2.45, 2.75) is 96.6 Å². The van der Waals surface area contributed by atoms with Crippen molar-refractivity contribution in [3.63, 3.8) is 0 Å². The fourth-order valence-electron chi connectivity index (χ4n) is 8.86. The van der Waals surface area contributed by atoms with Crippen molar-refractivity contribution >= 4 is 29.3 Å². The number of aromatic hydroxyl groups is 1. The number of quaternary nitrogens is 1. The molecule has 0 bridgehead atoms. The summed E-state index contributed by atoms with van der Waals surface area (Å²) in [5, 5.41) is 31.6. The van der Waals surface area contributed by atoms with Crippen LogP contribution in [-0.2, 0) is 35.1 Å². The number of carbonyl (C=O) groups is 4. The number of phenolic OH excluding ortho intramolecular Hbond substituents is 1. The minimum atomic E-state index is -1.32. The Hall–Kier alpha value is -3.28. The molecule has 8 atom stereocenters.